The number of nitrogens with zero attached hydrogens (tertiary/aromatic N) is 2. The molecule has 3 rings (SSSR count). The van der Waals surface area contributed by atoms with Gasteiger partial charge in [-0.3, -0.25) is 4.40 Å². The molecule has 4 nitrogen and oxygen atoms in total. The number of aromatic nitrogens is 2. The standard InChI is InChI=1S/C14H17N3OS/c1-10(8-12-4-3-6-18-12)15-9-13-11(2)16-14-17(13)5-7-19-14/h3-7,10,15H,8-9H2,1-2H3. The summed E-state index contributed by atoms with van der Waals surface area (Å²) in [4.78, 5) is 5.61. The minimum atomic E-state index is 0.370. The third-order valence-electron chi connectivity index (χ3n) is 3.27. The maximum atomic E-state index is 5.37. The molecule has 3 heterocycles. The first-order valence-electron chi connectivity index (χ1n) is 6.41. The molecule has 0 saturated heterocycles. The molecule has 0 saturated carbocycles. The number of imidazole rings is 1. The van der Waals surface area contributed by atoms with Gasteiger partial charge in [-0.05, 0) is 26.0 Å². The molecule has 0 spiro atoms. The number of fused-ring (bicyclic) bond motifs is 1. The van der Waals surface area contributed by atoms with Crippen LogP contribution in [-0.4, -0.2) is 15.4 Å². The van der Waals surface area contributed by atoms with E-state index in [1.807, 2.05) is 12.1 Å². The van der Waals surface area contributed by atoms with Crippen molar-refractivity contribution in [2.24, 2.45) is 0 Å². The van der Waals surface area contributed by atoms with Gasteiger partial charge in [0.25, 0.3) is 0 Å². The third-order valence-corrected chi connectivity index (χ3v) is 4.02. The van der Waals surface area contributed by atoms with E-state index in [1.54, 1.807) is 17.6 Å². The van der Waals surface area contributed by atoms with Crippen LogP contribution in [0, 0.1) is 6.92 Å². The molecule has 0 aliphatic carbocycles. The predicted molar refractivity (Wildman–Crippen MR) is 76.5 cm³/mol. The minimum absolute atomic E-state index is 0.370. The smallest absolute Gasteiger partial charge is 0.194 e. The Balaban J connectivity index is 1.65. The highest BCUT2D eigenvalue weighted by molar-refractivity contribution is 7.15. The molecule has 5 heteroatoms. The van der Waals surface area contributed by atoms with Crippen LogP contribution in [0.15, 0.2) is 34.4 Å². The van der Waals surface area contributed by atoms with Crippen molar-refractivity contribution in [1.82, 2.24) is 14.7 Å². The topological polar surface area (TPSA) is 42.5 Å². The zero-order valence-electron chi connectivity index (χ0n) is 11.1. The summed E-state index contributed by atoms with van der Waals surface area (Å²) in [7, 11) is 0. The van der Waals surface area contributed by atoms with Gasteiger partial charge in [-0.15, -0.1) is 11.3 Å². The van der Waals surface area contributed by atoms with Gasteiger partial charge in [0.05, 0.1) is 17.7 Å². The molecule has 0 radical (unpaired) electrons. The minimum Gasteiger partial charge on any atom is -0.469 e. The second-order valence-electron chi connectivity index (χ2n) is 4.76. The number of furan rings is 1. The normalized spacial score (nSPS) is 13.2. The summed E-state index contributed by atoms with van der Waals surface area (Å²) in [6.07, 6.45) is 4.70. The van der Waals surface area contributed by atoms with Gasteiger partial charge in [-0.25, -0.2) is 4.98 Å². The monoisotopic (exact) mass is 275 g/mol. The molecule has 3 aromatic heterocycles. The van der Waals surface area contributed by atoms with Gasteiger partial charge in [0, 0.05) is 30.6 Å². The molecule has 3 aromatic rings. The molecule has 0 bridgehead atoms. The van der Waals surface area contributed by atoms with Gasteiger partial charge >= 0.3 is 0 Å². The SMILES string of the molecule is Cc1nc2sccn2c1CNC(C)Cc1ccco1. The van der Waals surface area contributed by atoms with Crippen LogP contribution in [0.1, 0.15) is 24.1 Å². The van der Waals surface area contributed by atoms with E-state index in [2.05, 4.69) is 40.1 Å². The summed E-state index contributed by atoms with van der Waals surface area (Å²) in [5.74, 6) is 1.02. The van der Waals surface area contributed by atoms with E-state index in [0.717, 1.165) is 29.4 Å². The van der Waals surface area contributed by atoms with E-state index in [0.29, 0.717) is 6.04 Å². The average molecular weight is 275 g/mol. The number of aryl methyl sites for hydroxylation is 1. The van der Waals surface area contributed by atoms with Crippen LogP contribution >= 0.6 is 11.3 Å². The van der Waals surface area contributed by atoms with E-state index in [9.17, 15) is 0 Å². The fourth-order valence-electron chi connectivity index (χ4n) is 2.23. The summed E-state index contributed by atoms with van der Waals surface area (Å²) < 4.78 is 7.53. The molecule has 0 aliphatic heterocycles. The Kier molecular flexibility index (Phi) is 3.40. The Labute approximate surface area is 116 Å². The number of hydrogen-bond acceptors (Lipinski definition) is 4. The molecule has 0 fully saturated rings. The maximum Gasteiger partial charge on any atom is 0.194 e. The van der Waals surface area contributed by atoms with Gasteiger partial charge < -0.3 is 9.73 Å². The van der Waals surface area contributed by atoms with Gasteiger partial charge in [0.15, 0.2) is 4.96 Å². The van der Waals surface area contributed by atoms with Crippen molar-refractivity contribution < 1.29 is 4.42 Å². The molecule has 0 aromatic carbocycles. The molecule has 1 atom stereocenters. The number of nitrogens with one attached hydrogen (secondary N) is 1. The highest BCUT2D eigenvalue weighted by atomic mass is 32.1. The van der Waals surface area contributed by atoms with Crippen molar-refractivity contribution in [1.29, 1.82) is 0 Å². The van der Waals surface area contributed by atoms with Crippen LogP contribution in [0.2, 0.25) is 0 Å². The second-order valence-corrected chi connectivity index (χ2v) is 5.64. The van der Waals surface area contributed by atoms with Gasteiger partial charge in [0.1, 0.15) is 5.76 Å². The van der Waals surface area contributed by atoms with Crippen molar-refractivity contribution in [2.75, 3.05) is 0 Å². The zero-order chi connectivity index (χ0) is 13.2. The lowest BCUT2D eigenvalue weighted by molar-refractivity contribution is 0.454. The number of thiazole rings is 1. The first kappa shape index (κ1) is 12.4. The summed E-state index contributed by atoms with van der Waals surface area (Å²) in [6, 6.07) is 4.31. The van der Waals surface area contributed by atoms with Crippen molar-refractivity contribution >= 4 is 16.3 Å². The van der Waals surface area contributed by atoms with Crippen LogP contribution in [0.3, 0.4) is 0 Å². The van der Waals surface area contributed by atoms with Crippen LogP contribution in [0.4, 0.5) is 0 Å². The maximum absolute atomic E-state index is 5.37. The molecule has 0 aliphatic rings. The predicted octanol–water partition coefficient (Wildman–Crippen LogP) is 3.02. The molecule has 1 unspecified atom stereocenters. The van der Waals surface area contributed by atoms with Gasteiger partial charge in [0.2, 0.25) is 0 Å². The fourth-order valence-corrected chi connectivity index (χ4v) is 3.01. The van der Waals surface area contributed by atoms with Gasteiger partial charge in [-0.2, -0.15) is 0 Å². The number of hydrogen-bond donors (Lipinski definition) is 1. The second kappa shape index (κ2) is 5.19. The molecule has 100 valence electrons. The van der Waals surface area contributed by atoms with E-state index >= 15 is 0 Å². The number of rotatable bonds is 5. The zero-order valence-corrected chi connectivity index (χ0v) is 11.9. The molecular weight excluding hydrogens is 258 g/mol. The first-order chi connectivity index (χ1) is 9.24. The van der Waals surface area contributed by atoms with Gasteiger partial charge in [-0.1, -0.05) is 0 Å². The van der Waals surface area contributed by atoms with Crippen LogP contribution in [0.25, 0.3) is 4.96 Å². The van der Waals surface area contributed by atoms with Crippen molar-refractivity contribution in [3.8, 4) is 0 Å². The third kappa shape index (κ3) is 2.57. The van der Waals surface area contributed by atoms with Crippen LogP contribution < -0.4 is 5.32 Å². The quantitative estimate of drug-likeness (QED) is 0.778. The summed E-state index contributed by atoms with van der Waals surface area (Å²) in [6.45, 7) is 5.06. The Morgan fingerprint density at radius 3 is 3.21 bits per heavy atom. The van der Waals surface area contributed by atoms with E-state index in [1.165, 1.54) is 5.69 Å². The highest BCUT2D eigenvalue weighted by Crippen LogP contribution is 2.16. The molecule has 19 heavy (non-hydrogen) atoms. The Morgan fingerprint density at radius 1 is 1.53 bits per heavy atom. The van der Waals surface area contributed by atoms with E-state index < -0.39 is 0 Å². The largest absolute Gasteiger partial charge is 0.469 e. The molecule has 1 N–H and O–H groups in total. The van der Waals surface area contributed by atoms with Crippen molar-refractivity contribution in [3.63, 3.8) is 0 Å². The Morgan fingerprint density at radius 2 is 2.42 bits per heavy atom. The first-order valence-corrected chi connectivity index (χ1v) is 7.29. The van der Waals surface area contributed by atoms with Crippen LogP contribution in [-0.2, 0) is 13.0 Å². The van der Waals surface area contributed by atoms with E-state index in [4.69, 9.17) is 4.42 Å². The summed E-state index contributed by atoms with van der Waals surface area (Å²) >= 11 is 1.67. The lowest BCUT2D eigenvalue weighted by Crippen LogP contribution is -2.28. The fraction of sp³-hybridized carbons (Fsp3) is 0.357. The summed E-state index contributed by atoms with van der Waals surface area (Å²) in [5.41, 5.74) is 2.34. The Hall–Kier alpha value is -1.59. The average Bonchev–Trinajstić information content (AvgIpc) is 3.05. The van der Waals surface area contributed by atoms with Crippen molar-refractivity contribution in [3.05, 3.63) is 47.1 Å². The van der Waals surface area contributed by atoms with Crippen molar-refractivity contribution in [2.45, 2.75) is 32.9 Å². The Bertz CT molecular complexity index is 653. The summed E-state index contributed by atoms with van der Waals surface area (Å²) in [5, 5.41) is 5.60. The molecular formula is C14H17N3OS. The van der Waals surface area contributed by atoms with E-state index in [-0.39, 0.29) is 0 Å². The lowest BCUT2D eigenvalue weighted by atomic mass is 10.2. The lowest BCUT2D eigenvalue weighted by Gasteiger charge is -2.12. The highest BCUT2D eigenvalue weighted by Gasteiger charge is 2.11. The van der Waals surface area contributed by atoms with Crippen LogP contribution in [0.5, 0.6) is 0 Å². The molecule has 0 amide bonds.